The predicted octanol–water partition coefficient (Wildman–Crippen LogP) is 2.64. The molecule has 0 unspecified atom stereocenters. The van der Waals surface area contributed by atoms with Crippen molar-refractivity contribution in [2.75, 3.05) is 13.1 Å². The topological polar surface area (TPSA) is 52.6 Å². The van der Waals surface area contributed by atoms with Crippen molar-refractivity contribution in [1.82, 2.24) is 10.2 Å². The van der Waals surface area contributed by atoms with Crippen LogP contribution in [0.15, 0.2) is 54.6 Å². The normalized spacial score (nSPS) is 20.7. The molecule has 1 heterocycles. The van der Waals surface area contributed by atoms with Gasteiger partial charge in [0.1, 0.15) is 0 Å². The smallest absolute Gasteiger partial charge is 0.256 e. The van der Waals surface area contributed by atoms with Crippen molar-refractivity contribution in [1.29, 1.82) is 0 Å². The highest BCUT2D eigenvalue weighted by Gasteiger charge is 2.41. The first-order chi connectivity index (χ1) is 12.1. The first-order valence-electron chi connectivity index (χ1n) is 8.89. The third kappa shape index (κ3) is 4.47. The Morgan fingerprint density at radius 3 is 2.64 bits per heavy atom. The van der Waals surface area contributed by atoms with Gasteiger partial charge in [0, 0.05) is 26.2 Å². The second-order valence-electron chi connectivity index (χ2n) is 6.94. The van der Waals surface area contributed by atoms with Gasteiger partial charge in [-0.15, -0.1) is 0 Å². The van der Waals surface area contributed by atoms with Gasteiger partial charge in [0.2, 0.25) is 0 Å². The molecule has 0 aliphatic carbocycles. The van der Waals surface area contributed by atoms with Crippen molar-refractivity contribution >= 4 is 5.91 Å². The number of carbonyl (C=O) groups excluding carboxylic acids is 1. The summed E-state index contributed by atoms with van der Waals surface area (Å²) in [5, 5.41) is 14.1. The number of carbonyl (C=O) groups is 1. The first-order valence-corrected chi connectivity index (χ1v) is 8.89. The highest BCUT2D eigenvalue weighted by atomic mass is 16.3. The molecule has 0 bridgehead atoms. The fraction of sp³-hybridized carbons (Fsp3) is 0.381. The standard InChI is InChI=1S/C21H26N2O2/c1-17-7-5-10-19(13-17)15-23-12-6-11-21(25,20(23)24)16-22-14-18-8-3-2-4-9-18/h2-5,7-10,13,22,25H,6,11-12,14-16H2,1H3/t21-/m0/s1. The van der Waals surface area contributed by atoms with Crippen LogP contribution >= 0.6 is 0 Å². The molecule has 1 atom stereocenters. The average molecular weight is 338 g/mol. The molecule has 1 fully saturated rings. The summed E-state index contributed by atoms with van der Waals surface area (Å²) in [6.45, 7) is 4.24. The zero-order valence-electron chi connectivity index (χ0n) is 14.7. The Kier molecular flexibility index (Phi) is 5.51. The van der Waals surface area contributed by atoms with E-state index in [0.29, 0.717) is 26.1 Å². The highest BCUT2D eigenvalue weighted by molar-refractivity contribution is 5.86. The van der Waals surface area contributed by atoms with Gasteiger partial charge in [-0.25, -0.2) is 0 Å². The van der Waals surface area contributed by atoms with Crippen LogP contribution < -0.4 is 5.32 Å². The molecular weight excluding hydrogens is 312 g/mol. The number of nitrogens with one attached hydrogen (secondary N) is 1. The molecule has 1 amide bonds. The Labute approximate surface area is 149 Å². The van der Waals surface area contributed by atoms with E-state index in [-0.39, 0.29) is 12.5 Å². The van der Waals surface area contributed by atoms with Gasteiger partial charge in [-0.05, 0) is 30.9 Å². The molecule has 25 heavy (non-hydrogen) atoms. The van der Waals surface area contributed by atoms with Crippen LogP contribution in [0.2, 0.25) is 0 Å². The lowest BCUT2D eigenvalue weighted by atomic mass is 9.91. The van der Waals surface area contributed by atoms with Crippen LogP contribution in [0.25, 0.3) is 0 Å². The maximum absolute atomic E-state index is 12.8. The number of aliphatic hydroxyl groups is 1. The predicted molar refractivity (Wildman–Crippen MR) is 98.9 cm³/mol. The van der Waals surface area contributed by atoms with E-state index in [1.54, 1.807) is 4.90 Å². The third-order valence-electron chi connectivity index (χ3n) is 4.75. The molecule has 3 rings (SSSR count). The van der Waals surface area contributed by atoms with Crippen molar-refractivity contribution in [2.45, 2.75) is 38.5 Å². The number of hydrogen-bond acceptors (Lipinski definition) is 3. The molecule has 4 heteroatoms. The number of aryl methyl sites for hydroxylation is 1. The highest BCUT2D eigenvalue weighted by Crippen LogP contribution is 2.24. The van der Waals surface area contributed by atoms with Gasteiger partial charge in [-0.1, -0.05) is 60.2 Å². The lowest BCUT2D eigenvalue weighted by Crippen LogP contribution is -2.57. The molecule has 132 valence electrons. The Morgan fingerprint density at radius 2 is 1.88 bits per heavy atom. The lowest BCUT2D eigenvalue weighted by Gasteiger charge is -2.38. The lowest BCUT2D eigenvalue weighted by molar-refractivity contribution is -0.157. The SMILES string of the molecule is Cc1cccc(CN2CCC[C@](O)(CNCc3ccccc3)C2=O)c1. The Bertz CT molecular complexity index is 717. The van der Waals surface area contributed by atoms with Crippen LogP contribution in [-0.2, 0) is 17.9 Å². The molecule has 0 aromatic heterocycles. The minimum absolute atomic E-state index is 0.166. The van der Waals surface area contributed by atoms with E-state index in [0.717, 1.165) is 17.5 Å². The van der Waals surface area contributed by atoms with E-state index in [2.05, 4.69) is 11.4 Å². The monoisotopic (exact) mass is 338 g/mol. The van der Waals surface area contributed by atoms with Crippen molar-refractivity contribution in [3.05, 3.63) is 71.3 Å². The van der Waals surface area contributed by atoms with Crippen LogP contribution in [0.4, 0.5) is 0 Å². The van der Waals surface area contributed by atoms with Crippen molar-refractivity contribution in [3.8, 4) is 0 Å². The third-order valence-corrected chi connectivity index (χ3v) is 4.75. The molecule has 0 saturated carbocycles. The minimum atomic E-state index is -1.31. The summed E-state index contributed by atoms with van der Waals surface area (Å²) in [6, 6.07) is 18.2. The van der Waals surface area contributed by atoms with Gasteiger partial charge in [-0.2, -0.15) is 0 Å². The molecule has 1 saturated heterocycles. The molecule has 2 N–H and O–H groups in total. The van der Waals surface area contributed by atoms with Crippen LogP contribution in [-0.4, -0.2) is 34.6 Å². The molecular formula is C21H26N2O2. The second-order valence-corrected chi connectivity index (χ2v) is 6.94. The molecule has 1 aliphatic heterocycles. The zero-order valence-corrected chi connectivity index (χ0v) is 14.7. The largest absolute Gasteiger partial charge is 0.379 e. The fourth-order valence-corrected chi connectivity index (χ4v) is 3.42. The van der Waals surface area contributed by atoms with Crippen LogP contribution in [0.3, 0.4) is 0 Å². The first kappa shape index (κ1) is 17.6. The van der Waals surface area contributed by atoms with E-state index < -0.39 is 5.60 Å². The summed E-state index contributed by atoms with van der Waals surface area (Å²) in [5.74, 6) is -0.166. The van der Waals surface area contributed by atoms with Crippen LogP contribution in [0, 0.1) is 6.92 Å². The summed E-state index contributed by atoms with van der Waals surface area (Å²) in [4.78, 5) is 14.6. The Balaban J connectivity index is 1.60. The number of benzene rings is 2. The minimum Gasteiger partial charge on any atom is -0.379 e. The maximum Gasteiger partial charge on any atom is 0.256 e. The molecule has 2 aromatic carbocycles. The van der Waals surface area contributed by atoms with Crippen LogP contribution in [0.1, 0.15) is 29.5 Å². The van der Waals surface area contributed by atoms with Gasteiger partial charge in [0.15, 0.2) is 5.60 Å². The van der Waals surface area contributed by atoms with Crippen molar-refractivity contribution < 1.29 is 9.90 Å². The van der Waals surface area contributed by atoms with Gasteiger partial charge in [0.25, 0.3) is 5.91 Å². The zero-order chi connectivity index (χ0) is 17.7. The molecule has 0 spiro atoms. The van der Waals surface area contributed by atoms with E-state index in [4.69, 9.17) is 0 Å². The number of piperidine rings is 1. The Morgan fingerprint density at radius 1 is 1.12 bits per heavy atom. The molecule has 2 aromatic rings. The molecule has 0 radical (unpaired) electrons. The number of likely N-dealkylation sites (tertiary alicyclic amines) is 1. The maximum atomic E-state index is 12.8. The second kappa shape index (κ2) is 7.81. The fourth-order valence-electron chi connectivity index (χ4n) is 3.42. The summed E-state index contributed by atoms with van der Waals surface area (Å²) in [5.41, 5.74) is 2.12. The Hall–Kier alpha value is -2.17. The number of rotatable bonds is 6. The summed E-state index contributed by atoms with van der Waals surface area (Å²) < 4.78 is 0. The number of hydrogen-bond donors (Lipinski definition) is 2. The van der Waals surface area contributed by atoms with Gasteiger partial charge in [0.05, 0.1) is 0 Å². The van der Waals surface area contributed by atoms with E-state index in [1.165, 1.54) is 5.56 Å². The van der Waals surface area contributed by atoms with Crippen LogP contribution in [0.5, 0.6) is 0 Å². The average Bonchev–Trinajstić information content (AvgIpc) is 2.60. The van der Waals surface area contributed by atoms with E-state index >= 15 is 0 Å². The van der Waals surface area contributed by atoms with Gasteiger partial charge in [-0.3, -0.25) is 4.79 Å². The summed E-state index contributed by atoms with van der Waals surface area (Å²) in [6.07, 6.45) is 1.33. The quantitative estimate of drug-likeness (QED) is 0.851. The molecule has 4 nitrogen and oxygen atoms in total. The number of amides is 1. The van der Waals surface area contributed by atoms with Gasteiger partial charge < -0.3 is 15.3 Å². The number of nitrogens with zero attached hydrogens (tertiary/aromatic N) is 1. The van der Waals surface area contributed by atoms with Crippen molar-refractivity contribution in [3.63, 3.8) is 0 Å². The van der Waals surface area contributed by atoms with Crippen molar-refractivity contribution in [2.24, 2.45) is 0 Å². The van der Waals surface area contributed by atoms with Gasteiger partial charge >= 0.3 is 0 Å². The van der Waals surface area contributed by atoms with E-state index in [9.17, 15) is 9.90 Å². The summed E-state index contributed by atoms with van der Waals surface area (Å²) in [7, 11) is 0. The van der Waals surface area contributed by atoms with E-state index in [1.807, 2.05) is 55.5 Å². The summed E-state index contributed by atoms with van der Waals surface area (Å²) >= 11 is 0. The molecule has 1 aliphatic rings.